The van der Waals surface area contributed by atoms with E-state index in [1.54, 1.807) is 25.9 Å². The van der Waals surface area contributed by atoms with Crippen LogP contribution in [0.3, 0.4) is 0 Å². The van der Waals surface area contributed by atoms with Gasteiger partial charge in [-0.15, -0.1) is 6.42 Å². The summed E-state index contributed by atoms with van der Waals surface area (Å²) in [6.07, 6.45) is 5.34. The second kappa shape index (κ2) is 5.24. The molecule has 1 N–H and O–H groups in total. The van der Waals surface area contributed by atoms with Gasteiger partial charge in [-0.05, 0) is 0 Å². The zero-order valence-electron chi connectivity index (χ0n) is 10.9. The molecular weight excluding hydrogens is 264 g/mol. The number of rotatable bonds is 4. The van der Waals surface area contributed by atoms with Crippen molar-refractivity contribution in [2.45, 2.75) is 6.54 Å². The van der Waals surface area contributed by atoms with E-state index < -0.39 is 0 Å². The molecule has 0 saturated heterocycles. The molecule has 0 radical (unpaired) electrons. The van der Waals surface area contributed by atoms with Crippen LogP contribution in [0.4, 0.5) is 0 Å². The predicted octanol–water partition coefficient (Wildman–Crippen LogP) is 1.84. The number of terminal acetylenes is 1. The van der Waals surface area contributed by atoms with Gasteiger partial charge in [0.15, 0.2) is 16.3 Å². The van der Waals surface area contributed by atoms with Gasteiger partial charge in [0.1, 0.15) is 4.70 Å². The fourth-order valence-corrected chi connectivity index (χ4v) is 2.93. The minimum absolute atomic E-state index is 0.331. The third kappa shape index (κ3) is 2.02. The number of aromatic nitrogens is 1. The number of hydrogen-bond donors (Lipinski definition) is 1. The number of fused-ring (bicyclic) bond motifs is 1. The molecule has 0 aliphatic heterocycles. The Morgan fingerprint density at radius 1 is 1.26 bits per heavy atom. The van der Waals surface area contributed by atoms with Crippen molar-refractivity contribution in [2.75, 3.05) is 21.3 Å². The molecule has 0 aliphatic carbocycles. The van der Waals surface area contributed by atoms with E-state index in [4.69, 9.17) is 26.0 Å². The van der Waals surface area contributed by atoms with Gasteiger partial charge in [0, 0.05) is 6.07 Å². The van der Waals surface area contributed by atoms with Crippen LogP contribution in [-0.2, 0) is 6.54 Å². The monoisotopic (exact) mass is 278 g/mol. The molecule has 6 heteroatoms. The van der Waals surface area contributed by atoms with E-state index in [2.05, 4.69) is 5.92 Å². The molecule has 2 rings (SSSR count). The van der Waals surface area contributed by atoms with Gasteiger partial charge in [0.25, 0.3) is 0 Å². The Balaban J connectivity index is 2.89. The minimum atomic E-state index is 0.331. The van der Waals surface area contributed by atoms with Gasteiger partial charge in [-0.2, -0.15) is 0 Å². The molecule has 0 unspecified atom stereocenters. The fourth-order valence-electron chi connectivity index (χ4n) is 1.93. The number of hydrogen-bond acceptors (Lipinski definition) is 5. The van der Waals surface area contributed by atoms with Crippen molar-refractivity contribution < 1.29 is 14.2 Å². The lowest BCUT2D eigenvalue weighted by Crippen LogP contribution is -2.11. The molecular formula is C13H14N2O3S. The van der Waals surface area contributed by atoms with E-state index in [0.29, 0.717) is 28.6 Å². The molecule has 100 valence electrons. The zero-order valence-corrected chi connectivity index (χ0v) is 11.8. The lowest BCUT2D eigenvalue weighted by atomic mass is 10.2. The fraction of sp³-hybridized carbons (Fsp3) is 0.308. The SMILES string of the molecule is C#CCn1c(=N)sc2c(OC)c(OC)c(OC)cc21. The van der Waals surface area contributed by atoms with Gasteiger partial charge < -0.3 is 18.8 Å². The van der Waals surface area contributed by atoms with Crippen LogP contribution in [-0.4, -0.2) is 25.9 Å². The molecule has 0 saturated carbocycles. The number of nitrogens with one attached hydrogen (secondary N) is 1. The summed E-state index contributed by atoms with van der Waals surface area (Å²) in [5.41, 5.74) is 0.808. The highest BCUT2D eigenvalue weighted by atomic mass is 32.1. The van der Waals surface area contributed by atoms with E-state index in [-0.39, 0.29) is 0 Å². The molecule has 1 aromatic carbocycles. The molecule has 0 atom stereocenters. The van der Waals surface area contributed by atoms with Crippen LogP contribution in [0.2, 0.25) is 0 Å². The molecule has 1 aromatic heterocycles. The van der Waals surface area contributed by atoms with Crippen LogP contribution in [0.25, 0.3) is 10.2 Å². The second-order valence-electron chi connectivity index (χ2n) is 3.69. The summed E-state index contributed by atoms with van der Waals surface area (Å²) in [4.78, 5) is 0.363. The van der Waals surface area contributed by atoms with Crippen LogP contribution < -0.4 is 19.0 Å². The van der Waals surface area contributed by atoms with Crippen molar-refractivity contribution in [2.24, 2.45) is 0 Å². The number of thiazole rings is 1. The van der Waals surface area contributed by atoms with Gasteiger partial charge in [-0.3, -0.25) is 5.41 Å². The first-order valence-electron chi connectivity index (χ1n) is 5.48. The number of ether oxygens (including phenoxy) is 3. The van der Waals surface area contributed by atoms with Gasteiger partial charge >= 0.3 is 0 Å². The molecule has 2 aromatic rings. The first-order valence-corrected chi connectivity index (χ1v) is 6.29. The summed E-state index contributed by atoms with van der Waals surface area (Å²) in [7, 11) is 4.67. The molecule has 19 heavy (non-hydrogen) atoms. The Kier molecular flexibility index (Phi) is 3.67. The lowest BCUT2D eigenvalue weighted by Gasteiger charge is -2.13. The van der Waals surface area contributed by atoms with Crippen LogP contribution in [0.5, 0.6) is 17.2 Å². The Morgan fingerprint density at radius 2 is 1.95 bits per heavy atom. The van der Waals surface area contributed by atoms with Crippen molar-refractivity contribution in [3.63, 3.8) is 0 Å². The molecule has 5 nitrogen and oxygen atoms in total. The maximum atomic E-state index is 7.98. The minimum Gasteiger partial charge on any atom is -0.493 e. The van der Waals surface area contributed by atoms with Crippen LogP contribution >= 0.6 is 11.3 Å². The third-order valence-electron chi connectivity index (χ3n) is 2.75. The van der Waals surface area contributed by atoms with Crippen LogP contribution in [0, 0.1) is 17.8 Å². The lowest BCUT2D eigenvalue weighted by molar-refractivity contribution is 0.327. The van der Waals surface area contributed by atoms with E-state index in [1.165, 1.54) is 11.3 Å². The highest BCUT2D eigenvalue weighted by Crippen LogP contribution is 2.44. The smallest absolute Gasteiger partial charge is 0.204 e. The van der Waals surface area contributed by atoms with Gasteiger partial charge in [-0.25, -0.2) is 0 Å². The quantitative estimate of drug-likeness (QED) is 0.868. The highest BCUT2D eigenvalue weighted by molar-refractivity contribution is 7.16. The summed E-state index contributed by atoms with van der Waals surface area (Å²) in [6, 6.07) is 1.81. The number of benzene rings is 1. The number of methoxy groups -OCH3 is 3. The van der Waals surface area contributed by atoms with Crippen molar-refractivity contribution in [1.82, 2.24) is 4.57 Å². The summed E-state index contributed by atoms with van der Waals surface area (Å²) in [6.45, 7) is 0.331. The van der Waals surface area contributed by atoms with Crippen LogP contribution in [0.15, 0.2) is 6.07 Å². The summed E-state index contributed by atoms with van der Waals surface area (Å²) >= 11 is 1.29. The van der Waals surface area contributed by atoms with Gasteiger partial charge in [0.2, 0.25) is 5.75 Å². The van der Waals surface area contributed by atoms with Gasteiger partial charge in [-0.1, -0.05) is 17.3 Å². The average Bonchev–Trinajstić information content (AvgIpc) is 2.73. The summed E-state index contributed by atoms with van der Waals surface area (Å²) in [5, 5.41) is 7.98. The van der Waals surface area contributed by atoms with Crippen LogP contribution in [0.1, 0.15) is 0 Å². The van der Waals surface area contributed by atoms with Gasteiger partial charge in [0.05, 0.1) is 33.4 Å². The summed E-state index contributed by atoms with van der Waals surface area (Å²) < 4.78 is 18.6. The van der Waals surface area contributed by atoms with Crippen molar-refractivity contribution >= 4 is 21.6 Å². The largest absolute Gasteiger partial charge is 0.493 e. The van der Waals surface area contributed by atoms with Crippen molar-refractivity contribution in [1.29, 1.82) is 5.41 Å². The Morgan fingerprint density at radius 3 is 2.47 bits per heavy atom. The standard InChI is InChI=1S/C13H14N2O3S/c1-5-6-15-8-7-9(16-2)10(17-3)11(18-4)12(8)19-13(15)14/h1,7,14H,6H2,2-4H3. The molecule has 1 heterocycles. The molecule has 0 amide bonds. The molecule has 0 bridgehead atoms. The normalized spacial score (nSPS) is 10.2. The topological polar surface area (TPSA) is 56.5 Å². The number of nitrogens with zero attached hydrogens (tertiary/aromatic N) is 1. The van der Waals surface area contributed by atoms with Crippen molar-refractivity contribution in [3.05, 3.63) is 10.9 Å². The van der Waals surface area contributed by atoms with E-state index in [0.717, 1.165) is 10.2 Å². The Bertz CT molecular complexity index is 709. The molecule has 0 spiro atoms. The Hall–Kier alpha value is -2.13. The average molecular weight is 278 g/mol. The first kappa shape index (κ1) is 13.3. The first-order chi connectivity index (χ1) is 9.17. The maximum Gasteiger partial charge on any atom is 0.204 e. The highest BCUT2D eigenvalue weighted by Gasteiger charge is 2.19. The summed E-state index contributed by atoms with van der Waals surface area (Å²) in [5.74, 6) is 4.18. The molecule has 0 aliphatic rings. The molecule has 0 fully saturated rings. The second-order valence-corrected chi connectivity index (χ2v) is 4.69. The van der Waals surface area contributed by atoms with E-state index >= 15 is 0 Å². The van der Waals surface area contributed by atoms with Crippen molar-refractivity contribution in [3.8, 4) is 29.6 Å². The Labute approximate surface area is 114 Å². The zero-order chi connectivity index (χ0) is 14.0. The predicted molar refractivity (Wildman–Crippen MR) is 74.2 cm³/mol. The maximum absolute atomic E-state index is 7.98. The van der Waals surface area contributed by atoms with E-state index in [1.807, 2.05) is 6.07 Å². The van der Waals surface area contributed by atoms with E-state index in [9.17, 15) is 0 Å². The third-order valence-corrected chi connectivity index (χ3v) is 3.76.